The van der Waals surface area contributed by atoms with Crippen LogP contribution in [0.4, 0.5) is 5.82 Å². The van der Waals surface area contributed by atoms with Gasteiger partial charge in [-0.05, 0) is 54.8 Å². The molecule has 0 bridgehead atoms. The van der Waals surface area contributed by atoms with Crippen molar-refractivity contribution in [2.75, 3.05) is 18.5 Å². The topological polar surface area (TPSA) is 82.1 Å². The summed E-state index contributed by atoms with van der Waals surface area (Å²) in [6.45, 7) is 5.57. The number of rotatable bonds is 6. The molecule has 1 aliphatic heterocycles. The molecule has 0 saturated carbocycles. The lowest BCUT2D eigenvalue weighted by molar-refractivity contribution is -0.251. The van der Waals surface area contributed by atoms with E-state index in [1.54, 1.807) is 6.20 Å². The van der Waals surface area contributed by atoms with Crippen molar-refractivity contribution < 1.29 is 9.47 Å². The van der Waals surface area contributed by atoms with Crippen molar-refractivity contribution in [3.63, 3.8) is 0 Å². The Morgan fingerprint density at radius 2 is 1.68 bits per heavy atom. The summed E-state index contributed by atoms with van der Waals surface area (Å²) in [6, 6.07) is 24.5. The molecule has 1 aliphatic rings. The van der Waals surface area contributed by atoms with E-state index in [0.29, 0.717) is 25.6 Å². The zero-order valence-electron chi connectivity index (χ0n) is 21.5. The van der Waals surface area contributed by atoms with Gasteiger partial charge >= 0.3 is 0 Å². The lowest BCUT2D eigenvalue weighted by Crippen LogP contribution is -2.38. The molecule has 6 rings (SSSR count). The van der Waals surface area contributed by atoms with Crippen LogP contribution < -0.4 is 5.32 Å². The SMILES string of the molecule is CC1(C)OCC(c2cncc(-c3nc(NCc4ccccn4)c4c(-c5ccccc5)cccc4n3)c2)CO1. The summed E-state index contributed by atoms with van der Waals surface area (Å²) < 4.78 is 11.8. The van der Waals surface area contributed by atoms with Gasteiger partial charge < -0.3 is 14.8 Å². The molecule has 7 heteroatoms. The number of benzene rings is 2. The summed E-state index contributed by atoms with van der Waals surface area (Å²) in [7, 11) is 0. The average molecular weight is 504 g/mol. The van der Waals surface area contributed by atoms with E-state index >= 15 is 0 Å². The Kier molecular flexibility index (Phi) is 6.54. The molecule has 0 atom stereocenters. The minimum atomic E-state index is -0.562. The molecule has 38 heavy (non-hydrogen) atoms. The highest BCUT2D eigenvalue weighted by atomic mass is 16.7. The van der Waals surface area contributed by atoms with Gasteiger partial charge in [-0.1, -0.05) is 48.5 Å². The van der Waals surface area contributed by atoms with Crippen molar-refractivity contribution in [3.8, 4) is 22.5 Å². The van der Waals surface area contributed by atoms with E-state index in [0.717, 1.165) is 44.7 Å². The maximum atomic E-state index is 5.89. The van der Waals surface area contributed by atoms with E-state index < -0.39 is 5.79 Å². The second kappa shape index (κ2) is 10.3. The van der Waals surface area contributed by atoms with Gasteiger partial charge in [0.2, 0.25) is 0 Å². The average Bonchev–Trinajstić information content (AvgIpc) is 2.96. The molecular weight excluding hydrogens is 474 g/mol. The largest absolute Gasteiger partial charge is 0.364 e. The highest BCUT2D eigenvalue weighted by Crippen LogP contribution is 2.35. The fraction of sp³-hybridized carbons (Fsp3) is 0.226. The van der Waals surface area contributed by atoms with Crippen LogP contribution in [-0.2, 0) is 16.0 Å². The standard InChI is InChI=1S/C31H29N5O2/c1-31(2)37-19-24(20-38-31)22-15-23(17-32-16-22)29-35-27-13-8-12-26(21-9-4-3-5-10-21)28(27)30(36-29)34-18-25-11-6-7-14-33-25/h3-17,24H,18-20H2,1-2H3,(H,34,35,36). The molecule has 5 aromatic rings. The Hall–Kier alpha value is -4.20. The van der Waals surface area contributed by atoms with Gasteiger partial charge in [-0.2, -0.15) is 0 Å². The van der Waals surface area contributed by atoms with Crippen LogP contribution in [0.25, 0.3) is 33.4 Å². The molecule has 0 radical (unpaired) electrons. The zero-order chi connectivity index (χ0) is 26.0. The van der Waals surface area contributed by atoms with Gasteiger partial charge in [0.15, 0.2) is 11.6 Å². The number of hydrogen-bond donors (Lipinski definition) is 1. The van der Waals surface area contributed by atoms with Crippen LogP contribution in [0.1, 0.15) is 31.0 Å². The smallest absolute Gasteiger partial charge is 0.163 e. The monoisotopic (exact) mass is 503 g/mol. The summed E-state index contributed by atoms with van der Waals surface area (Å²) in [5.74, 6) is 0.903. The number of nitrogens with zero attached hydrogens (tertiary/aromatic N) is 4. The molecule has 3 aromatic heterocycles. The number of nitrogens with one attached hydrogen (secondary N) is 1. The van der Waals surface area contributed by atoms with Crippen molar-refractivity contribution in [1.82, 2.24) is 19.9 Å². The van der Waals surface area contributed by atoms with Crippen LogP contribution in [0.3, 0.4) is 0 Å². The first-order valence-corrected chi connectivity index (χ1v) is 12.8. The number of fused-ring (bicyclic) bond motifs is 1. The van der Waals surface area contributed by atoms with Crippen LogP contribution in [-0.4, -0.2) is 38.9 Å². The molecule has 7 nitrogen and oxygen atoms in total. The number of anilines is 1. The summed E-state index contributed by atoms with van der Waals surface area (Å²) in [6.07, 6.45) is 5.48. The maximum Gasteiger partial charge on any atom is 0.163 e. The Bertz CT molecular complexity index is 1550. The fourth-order valence-corrected chi connectivity index (χ4v) is 4.66. The van der Waals surface area contributed by atoms with Gasteiger partial charge in [0.25, 0.3) is 0 Å². The summed E-state index contributed by atoms with van der Waals surface area (Å²) in [5.41, 5.74) is 5.87. The molecule has 0 amide bonds. The van der Waals surface area contributed by atoms with Crippen LogP contribution >= 0.6 is 0 Å². The first kappa shape index (κ1) is 24.2. The minimum absolute atomic E-state index is 0.0994. The highest BCUT2D eigenvalue weighted by Gasteiger charge is 2.29. The predicted octanol–water partition coefficient (Wildman–Crippen LogP) is 6.23. The third kappa shape index (κ3) is 5.11. The highest BCUT2D eigenvalue weighted by molar-refractivity contribution is 6.02. The van der Waals surface area contributed by atoms with Gasteiger partial charge in [-0.3, -0.25) is 9.97 Å². The van der Waals surface area contributed by atoms with Crippen molar-refractivity contribution >= 4 is 16.7 Å². The van der Waals surface area contributed by atoms with E-state index in [1.807, 2.05) is 74.8 Å². The fourth-order valence-electron chi connectivity index (χ4n) is 4.66. The van der Waals surface area contributed by atoms with Crippen molar-refractivity contribution in [2.45, 2.75) is 32.1 Å². The normalized spacial score (nSPS) is 15.4. The summed E-state index contributed by atoms with van der Waals surface area (Å²) in [4.78, 5) is 19.0. The van der Waals surface area contributed by atoms with Gasteiger partial charge in [0, 0.05) is 30.1 Å². The van der Waals surface area contributed by atoms with Crippen LogP contribution in [0.2, 0.25) is 0 Å². The molecule has 1 N–H and O–H groups in total. The Labute approximate surface area is 221 Å². The second-order valence-corrected chi connectivity index (χ2v) is 9.86. The van der Waals surface area contributed by atoms with E-state index in [1.165, 1.54) is 0 Å². The van der Waals surface area contributed by atoms with E-state index in [9.17, 15) is 0 Å². The first-order valence-electron chi connectivity index (χ1n) is 12.8. The molecule has 2 aromatic carbocycles. The Morgan fingerprint density at radius 1 is 0.868 bits per heavy atom. The molecule has 0 aliphatic carbocycles. The third-order valence-corrected chi connectivity index (χ3v) is 6.72. The van der Waals surface area contributed by atoms with E-state index in [2.05, 4.69) is 39.6 Å². The van der Waals surface area contributed by atoms with Crippen molar-refractivity contribution in [1.29, 1.82) is 0 Å². The minimum Gasteiger partial charge on any atom is -0.364 e. The summed E-state index contributed by atoms with van der Waals surface area (Å²) >= 11 is 0. The molecule has 0 unspecified atom stereocenters. The van der Waals surface area contributed by atoms with Crippen LogP contribution in [0, 0.1) is 0 Å². The second-order valence-electron chi connectivity index (χ2n) is 9.86. The molecule has 0 spiro atoms. The van der Waals surface area contributed by atoms with E-state index in [-0.39, 0.29) is 5.92 Å². The van der Waals surface area contributed by atoms with Gasteiger partial charge in [-0.15, -0.1) is 0 Å². The number of hydrogen-bond acceptors (Lipinski definition) is 7. The van der Waals surface area contributed by atoms with Crippen molar-refractivity contribution in [2.24, 2.45) is 0 Å². The van der Waals surface area contributed by atoms with Crippen LogP contribution in [0.5, 0.6) is 0 Å². The lowest BCUT2D eigenvalue weighted by Gasteiger charge is -2.35. The number of pyridine rings is 2. The van der Waals surface area contributed by atoms with Crippen LogP contribution in [0.15, 0.2) is 91.4 Å². The predicted molar refractivity (Wildman–Crippen MR) is 148 cm³/mol. The Morgan fingerprint density at radius 3 is 2.47 bits per heavy atom. The molecule has 1 fully saturated rings. The van der Waals surface area contributed by atoms with Gasteiger partial charge in [0.05, 0.1) is 36.4 Å². The Balaban J connectivity index is 1.42. The van der Waals surface area contributed by atoms with Gasteiger partial charge in [-0.25, -0.2) is 9.97 Å². The molecule has 4 heterocycles. The zero-order valence-corrected chi connectivity index (χ0v) is 21.5. The number of ether oxygens (including phenoxy) is 2. The maximum absolute atomic E-state index is 5.89. The quantitative estimate of drug-likeness (QED) is 0.294. The molecular formula is C31H29N5O2. The third-order valence-electron chi connectivity index (χ3n) is 6.72. The summed E-state index contributed by atoms with van der Waals surface area (Å²) in [5, 5.41) is 4.51. The lowest BCUT2D eigenvalue weighted by atomic mass is 9.99. The van der Waals surface area contributed by atoms with E-state index in [4.69, 9.17) is 19.4 Å². The number of aromatic nitrogens is 4. The molecule has 190 valence electrons. The van der Waals surface area contributed by atoms with Gasteiger partial charge in [0.1, 0.15) is 5.82 Å². The molecule has 1 saturated heterocycles. The van der Waals surface area contributed by atoms with Crippen molar-refractivity contribution in [3.05, 3.63) is 103 Å². The first-order chi connectivity index (χ1) is 18.6.